The van der Waals surface area contributed by atoms with Gasteiger partial charge in [0, 0.05) is 19.6 Å². The van der Waals surface area contributed by atoms with Crippen LogP contribution in [0.5, 0.6) is 0 Å². The maximum atomic E-state index is 11.6. The Morgan fingerprint density at radius 2 is 2.16 bits per heavy atom. The van der Waals surface area contributed by atoms with Crippen molar-refractivity contribution in [2.45, 2.75) is 13.3 Å². The first kappa shape index (κ1) is 16.2. The van der Waals surface area contributed by atoms with E-state index in [9.17, 15) is 13.2 Å². The number of nitrogens with zero attached hydrogens (tertiary/aromatic N) is 1. The Hall–Kier alpha value is -0.860. The minimum absolute atomic E-state index is 0.224. The largest absolute Gasteiger partial charge is 0.444 e. The molecule has 0 atom stereocenters. The molecule has 1 heterocycles. The number of furan rings is 1. The summed E-state index contributed by atoms with van der Waals surface area (Å²) in [7, 11) is -3.17. The molecule has 6 nitrogen and oxygen atoms in total. The second-order valence-corrected chi connectivity index (χ2v) is 6.73. The normalized spacial score (nSPS) is 11.8. The molecular formula is C11H17BrN2O4S. The van der Waals surface area contributed by atoms with Gasteiger partial charge in [0.05, 0.1) is 6.26 Å². The highest BCUT2D eigenvalue weighted by Crippen LogP contribution is 2.13. The highest BCUT2D eigenvalue weighted by molar-refractivity contribution is 9.10. The Labute approximate surface area is 121 Å². The number of amides is 1. The van der Waals surface area contributed by atoms with E-state index >= 15 is 0 Å². The number of halogens is 1. The van der Waals surface area contributed by atoms with Crippen LogP contribution in [0.2, 0.25) is 0 Å². The van der Waals surface area contributed by atoms with Crippen LogP contribution in [0, 0.1) is 0 Å². The average Bonchev–Trinajstić information content (AvgIpc) is 2.74. The van der Waals surface area contributed by atoms with Crippen molar-refractivity contribution in [3.8, 4) is 0 Å². The molecule has 0 spiro atoms. The highest BCUT2D eigenvalue weighted by atomic mass is 79.9. The molecule has 1 amide bonds. The van der Waals surface area contributed by atoms with Crippen molar-refractivity contribution in [3.05, 3.63) is 22.6 Å². The van der Waals surface area contributed by atoms with Gasteiger partial charge in [0.1, 0.15) is 0 Å². The lowest BCUT2D eigenvalue weighted by Crippen LogP contribution is -2.33. The van der Waals surface area contributed by atoms with Crippen LogP contribution in [-0.2, 0) is 10.0 Å². The number of hydrogen-bond donors (Lipinski definition) is 1. The smallest absolute Gasteiger partial charge is 0.287 e. The Morgan fingerprint density at radius 1 is 1.47 bits per heavy atom. The molecule has 1 N–H and O–H groups in total. The lowest BCUT2D eigenvalue weighted by atomic mass is 10.4. The molecular weight excluding hydrogens is 336 g/mol. The summed E-state index contributed by atoms with van der Waals surface area (Å²) in [4.78, 5) is 11.6. The van der Waals surface area contributed by atoms with Crippen LogP contribution in [0.1, 0.15) is 23.9 Å². The van der Waals surface area contributed by atoms with E-state index in [0.29, 0.717) is 30.7 Å². The summed E-state index contributed by atoms with van der Waals surface area (Å²) in [5.74, 6) is -0.0876. The zero-order chi connectivity index (χ0) is 14.5. The predicted octanol–water partition coefficient (Wildman–Crippen LogP) is 1.44. The van der Waals surface area contributed by atoms with E-state index in [4.69, 9.17) is 4.42 Å². The lowest BCUT2D eigenvalue weighted by molar-refractivity contribution is 0.0924. The van der Waals surface area contributed by atoms with E-state index in [-0.39, 0.29) is 11.7 Å². The van der Waals surface area contributed by atoms with Crippen molar-refractivity contribution in [3.63, 3.8) is 0 Å². The SMILES string of the molecule is CCN(CCCNC(=O)c1ccc(Br)o1)S(C)(=O)=O. The maximum absolute atomic E-state index is 11.6. The molecule has 108 valence electrons. The second kappa shape index (κ2) is 7.06. The van der Waals surface area contributed by atoms with E-state index in [2.05, 4.69) is 21.2 Å². The standard InChI is InChI=1S/C11H17BrN2O4S/c1-3-14(19(2,16)17)8-4-7-13-11(15)9-5-6-10(12)18-9/h5-6H,3-4,7-8H2,1-2H3,(H,13,15). The molecule has 0 fully saturated rings. The fourth-order valence-electron chi connectivity index (χ4n) is 1.54. The molecule has 1 aromatic rings. The Morgan fingerprint density at radius 3 is 2.63 bits per heavy atom. The monoisotopic (exact) mass is 352 g/mol. The van der Waals surface area contributed by atoms with Gasteiger partial charge in [0.25, 0.3) is 5.91 Å². The van der Waals surface area contributed by atoms with Gasteiger partial charge in [-0.1, -0.05) is 6.92 Å². The summed E-state index contributed by atoms with van der Waals surface area (Å²) < 4.78 is 29.6. The molecule has 1 rings (SSSR count). The molecule has 0 unspecified atom stereocenters. The predicted molar refractivity (Wildman–Crippen MR) is 75.4 cm³/mol. The Bertz CT molecular complexity index is 527. The molecule has 0 saturated heterocycles. The first-order valence-corrected chi connectivity index (χ1v) is 8.47. The van der Waals surface area contributed by atoms with Gasteiger partial charge < -0.3 is 9.73 Å². The average molecular weight is 353 g/mol. The third-order valence-electron chi connectivity index (χ3n) is 2.49. The number of carbonyl (C=O) groups excluding carboxylic acids is 1. The van der Waals surface area contributed by atoms with Crippen molar-refractivity contribution in [1.82, 2.24) is 9.62 Å². The Balaban J connectivity index is 2.33. The first-order chi connectivity index (χ1) is 8.84. The van der Waals surface area contributed by atoms with E-state index in [0.717, 1.165) is 0 Å². The molecule has 8 heteroatoms. The van der Waals surface area contributed by atoms with Gasteiger partial charge in [0.2, 0.25) is 10.0 Å². The van der Waals surface area contributed by atoms with Gasteiger partial charge in [-0.25, -0.2) is 12.7 Å². The van der Waals surface area contributed by atoms with Gasteiger partial charge in [-0.3, -0.25) is 4.79 Å². The zero-order valence-corrected chi connectivity index (χ0v) is 13.3. The van der Waals surface area contributed by atoms with Crippen molar-refractivity contribution < 1.29 is 17.6 Å². The number of carbonyl (C=O) groups is 1. The van der Waals surface area contributed by atoms with Crippen molar-refractivity contribution >= 4 is 31.9 Å². The van der Waals surface area contributed by atoms with Crippen LogP contribution < -0.4 is 5.32 Å². The van der Waals surface area contributed by atoms with E-state index < -0.39 is 10.0 Å². The molecule has 0 aliphatic rings. The van der Waals surface area contributed by atoms with E-state index in [1.165, 1.54) is 10.6 Å². The van der Waals surface area contributed by atoms with Crippen molar-refractivity contribution in [2.75, 3.05) is 25.9 Å². The number of rotatable bonds is 7. The molecule has 0 bridgehead atoms. The van der Waals surface area contributed by atoms with Gasteiger partial charge in [0.15, 0.2) is 10.4 Å². The summed E-state index contributed by atoms with van der Waals surface area (Å²) in [6.45, 7) is 2.98. The summed E-state index contributed by atoms with van der Waals surface area (Å²) in [6.07, 6.45) is 1.73. The number of nitrogens with one attached hydrogen (secondary N) is 1. The maximum Gasteiger partial charge on any atom is 0.287 e. The highest BCUT2D eigenvalue weighted by Gasteiger charge is 2.14. The van der Waals surface area contributed by atoms with Crippen LogP contribution in [-0.4, -0.2) is 44.5 Å². The fourth-order valence-corrected chi connectivity index (χ4v) is 2.78. The zero-order valence-electron chi connectivity index (χ0n) is 10.8. The molecule has 0 saturated carbocycles. The number of hydrogen-bond acceptors (Lipinski definition) is 4. The number of sulfonamides is 1. The van der Waals surface area contributed by atoms with Crippen molar-refractivity contribution in [1.29, 1.82) is 0 Å². The third-order valence-corrected chi connectivity index (χ3v) is 4.29. The lowest BCUT2D eigenvalue weighted by Gasteiger charge is -2.17. The van der Waals surface area contributed by atoms with Gasteiger partial charge in [-0.15, -0.1) is 0 Å². The summed E-state index contributed by atoms with van der Waals surface area (Å²) in [6, 6.07) is 3.20. The van der Waals surface area contributed by atoms with Gasteiger partial charge in [-0.05, 0) is 34.5 Å². The Kier molecular flexibility index (Phi) is 6.02. The molecule has 0 radical (unpaired) electrons. The van der Waals surface area contributed by atoms with E-state index in [1.807, 2.05) is 0 Å². The molecule has 0 aliphatic heterocycles. The summed E-state index contributed by atoms with van der Waals surface area (Å²) in [5.41, 5.74) is 0. The van der Waals surface area contributed by atoms with Gasteiger partial charge >= 0.3 is 0 Å². The second-order valence-electron chi connectivity index (χ2n) is 3.97. The van der Waals surface area contributed by atoms with E-state index in [1.54, 1.807) is 19.1 Å². The van der Waals surface area contributed by atoms with Crippen LogP contribution in [0.25, 0.3) is 0 Å². The first-order valence-electron chi connectivity index (χ1n) is 5.83. The van der Waals surface area contributed by atoms with Gasteiger partial charge in [-0.2, -0.15) is 0 Å². The summed E-state index contributed by atoms with van der Waals surface area (Å²) >= 11 is 3.11. The molecule has 19 heavy (non-hydrogen) atoms. The molecule has 1 aromatic heterocycles. The third kappa shape index (κ3) is 5.33. The van der Waals surface area contributed by atoms with Crippen LogP contribution in [0.3, 0.4) is 0 Å². The van der Waals surface area contributed by atoms with Crippen LogP contribution in [0.15, 0.2) is 21.2 Å². The summed E-state index contributed by atoms with van der Waals surface area (Å²) in [5, 5.41) is 2.67. The minimum Gasteiger partial charge on any atom is -0.444 e. The van der Waals surface area contributed by atoms with Crippen molar-refractivity contribution in [2.24, 2.45) is 0 Å². The topological polar surface area (TPSA) is 79.6 Å². The quantitative estimate of drug-likeness (QED) is 0.753. The van der Waals surface area contributed by atoms with Crippen LogP contribution in [0.4, 0.5) is 0 Å². The minimum atomic E-state index is -3.17. The fraction of sp³-hybridized carbons (Fsp3) is 0.545. The van der Waals surface area contributed by atoms with Crippen LogP contribution >= 0.6 is 15.9 Å². The molecule has 0 aromatic carbocycles. The molecule has 0 aliphatic carbocycles.